The maximum Gasteiger partial charge on any atom is 0.156 e. The van der Waals surface area contributed by atoms with Gasteiger partial charge < -0.3 is 10.6 Å². The van der Waals surface area contributed by atoms with Crippen LogP contribution in [-0.2, 0) is 0 Å². The molecule has 0 radical (unpaired) electrons. The number of benzene rings is 1. The minimum absolute atomic E-state index is 0.434. The third-order valence-electron chi connectivity index (χ3n) is 4.55. The van der Waals surface area contributed by atoms with Crippen LogP contribution >= 0.6 is 11.6 Å². The van der Waals surface area contributed by atoms with Gasteiger partial charge in [-0.3, -0.25) is 10.1 Å². The summed E-state index contributed by atoms with van der Waals surface area (Å²) < 4.78 is 0. The maximum atomic E-state index is 6.04. The molecule has 3 aromatic rings. The quantitative estimate of drug-likeness (QED) is 0.664. The number of pyridine rings is 1. The van der Waals surface area contributed by atoms with Gasteiger partial charge in [-0.1, -0.05) is 23.7 Å². The summed E-state index contributed by atoms with van der Waals surface area (Å²) in [5.41, 5.74) is 4.20. The second-order valence-electron chi connectivity index (χ2n) is 6.23. The normalized spacial score (nSPS) is 15.2. The van der Waals surface area contributed by atoms with Gasteiger partial charge in [0, 0.05) is 29.0 Å². The predicted molar refractivity (Wildman–Crippen MR) is 102 cm³/mol. The molecule has 1 fully saturated rings. The van der Waals surface area contributed by atoms with Gasteiger partial charge >= 0.3 is 0 Å². The molecule has 0 saturated carbocycles. The van der Waals surface area contributed by atoms with E-state index in [2.05, 4.69) is 25.8 Å². The highest BCUT2D eigenvalue weighted by Crippen LogP contribution is 2.36. The van der Waals surface area contributed by atoms with Gasteiger partial charge in [-0.15, -0.1) is 0 Å². The van der Waals surface area contributed by atoms with Gasteiger partial charge in [0.15, 0.2) is 5.82 Å². The summed E-state index contributed by atoms with van der Waals surface area (Å²) in [4.78, 5) is 4.14. The SMILES string of the molecule is Clc1ccc(-c2[nH]nc(NC3CCNCC3)c2-c2ccncc2)cc1. The van der Waals surface area contributed by atoms with E-state index >= 15 is 0 Å². The molecule has 1 aromatic carbocycles. The highest BCUT2D eigenvalue weighted by atomic mass is 35.5. The van der Waals surface area contributed by atoms with Crippen molar-refractivity contribution in [2.24, 2.45) is 0 Å². The van der Waals surface area contributed by atoms with Gasteiger partial charge in [-0.2, -0.15) is 5.10 Å². The Balaban J connectivity index is 1.75. The summed E-state index contributed by atoms with van der Waals surface area (Å²) in [7, 11) is 0. The lowest BCUT2D eigenvalue weighted by atomic mass is 10.0. The summed E-state index contributed by atoms with van der Waals surface area (Å²) in [6.45, 7) is 2.08. The number of rotatable bonds is 4. The molecular formula is C19H20ClN5. The zero-order chi connectivity index (χ0) is 17.1. The number of piperidine rings is 1. The highest BCUT2D eigenvalue weighted by Gasteiger charge is 2.20. The summed E-state index contributed by atoms with van der Waals surface area (Å²) in [6, 6.07) is 12.3. The summed E-state index contributed by atoms with van der Waals surface area (Å²) >= 11 is 6.04. The maximum absolute atomic E-state index is 6.04. The number of anilines is 1. The molecule has 0 amide bonds. The minimum Gasteiger partial charge on any atom is -0.365 e. The summed E-state index contributed by atoms with van der Waals surface area (Å²) in [5.74, 6) is 0.892. The van der Waals surface area contributed by atoms with E-state index in [4.69, 9.17) is 11.6 Å². The summed E-state index contributed by atoms with van der Waals surface area (Å²) in [5, 5.41) is 15.5. The van der Waals surface area contributed by atoms with Gasteiger partial charge in [0.1, 0.15) is 0 Å². The molecule has 6 heteroatoms. The molecule has 0 spiro atoms. The van der Waals surface area contributed by atoms with Crippen LogP contribution in [-0.4, -0.2) is 34.3 Å². The topological polar surface area (TPSA) is 65.6 Å². The van der Waals surface area contributed by atoms with Crippen molar-refractivity contribution in [3.8, 4) is 22.4 Å². The number of nitrogens with zero attached hydrogens (tertiary/aromatic N) is 2. The van der Waals surface area contributed by atoms with E-state index in [0.717, 1.165) is 59.2 Å². The third kappa shape index (κ3) is 3.52. The first-order chi connectivity index (χ1) is 12.3. The smallest absolute Gasteiger partial charge is 0.156 e. The monoisotopic (exact) mass is 353 g/mol. The number of H-pyrrole nitrogens is 1. The van der Waals surface area contributed by atoms with Crippen LogP contribution in [0.3, 0.4) is 0 Å². The fraction of sp³-hybridized carbons (Fsp3) is 0.263. The second-order valence-corrected chi connectivity index (χ2v) is 6.67. The van der Waals surface area contributed by atoms with Crippen LogP contribution in [0.25, 0.3) is 22.4 Å². The number of halogens is 1. The van der Waals surface area contributed by atoms with E-state index in [9.17, 15) is 0 Å². The van der Waals surface area contributed by atoms with Crippen molar-refractivity contribution in [3.63, 3.8) is 0 Å². The number of hydrogen-bond acceptors (Lipinski definition) is 4. The molecule has 1 aliphatic rings. The van der Waals surface area contributed by atoms with Crippen LogP contribution in [0, 0.1) is 0 Å². The Morgan fingerprint density at radius 3 is 2.40 bits per heavy atom. The molecule has 1 saturated heterocycles. The first kappa shape index (κ1) is 16.1. The van der Waals surface area contributed by atoms with Crippen LogP contribution in [0.5, 0.6) is 0 Å². The fourth-order valence-corrected chi connectivity index (χ4v) is 3.36. The van der Waals surface area contributed by atoms with Gasteiger partial charge in [0.2, 0.25) is 0 Å². The van der Waals surface area contributed by atoms with Gasteiger partial charge in [0.25, 0.3) is 0 Å². The highest BCUT2D eigenvalue weighted by molar-refractivity contribution is 6.30. The Morgan fingerprint density at radius 1 is 0.960 bits per heavy atom. The van der Waals surface area contributed by atoms with Gasteiger partial charge in [0.05, 0.1) is 11.3 Å². The molecule has 3 heterocycles. The lowest BCUT2D eigenvalue weighted by molar-refractivity contribution is 0.478. The van der Waals surface area contributed by atoms with Gasteiger partial charge in [-0.05, 0) is 55.8 Å². The number of hydrogen-bond donors (Lipinski definition) is 3. The first-order valence-corrected chi connectivity index (χ1v) is 8.91. The molecule has 4 rings (SSSR count). The molecular weight excluding hydrogens is 334 g/mol. The second kappa shape index (κ2) is 7.25. The Bertz CT molecular complexity index is 823. The predicted octanol–water partition coefficient (Wildman–Crippen LogP) is 3.96. The molecule has 2 aromatic heterocycles. The van der Waals surface area contributed by atoms with Gasteiger partial charge in [-0.25, -0.2) is 0 Å². The van der Waals surface area contributed by atoms with Crippen molar-refractivity contribution in [2.75, 3.05) is 18.4 Å². The van der Waals surface area contributed by atoms with Crippen molar-refractivity contribution in [1.29, 1.82) is 0 Å². The zero-order valence-corrected chi connectivity index (χ0v) is 14.6. The molecule has 5 nitrogen and oxygen atoms in total. The lowest BCUT2D eigenvalue weighted by Crippen LogP contribution is -2.35. The number of aromatic nitrogens is 3. The van der Waals surface area contributed by atoms with E-state index in [1.165, 1.54) is 0 Å². The molecule has 0 aliphatic carbocycles. The number of nitrogens with one attached hydrogen (secondary N) is 3. The average molecular weight is 354 g/mol. The molecule has 1 aliphatic heterocycles. The Kier molecular flexibility index (Phi) is 4.68. The Morgan fingerprint density at radius 2 is 1.68 bits per heavy atom. The van der Waals surface area contributed by atoms with Crippen molar-refractivity contribution in [3.05, 3.63) is 53.8 Å². The summed E-state index contributed by atoms with van der Waals surface area (Å²) in [6.07, 6.45) is 5.81. The zero-order valence-electron chi connectivity index (χ0n) is 13.8. The van der Waals surface area contributed by atoms with E-state index < -0.39 is 0 Å². The van der Waals surface area contributed by atoms with Crippen LogP contribution in [0.1, 0.15) is 12.8 Å². The molecule has 128 valence electrons. The molecule has 0 unspecified atom stereocenters. The van der Waals surface area contributed by atoms with E-state index in [1.54, 1.807) is 0 Å². The molecule has 0 bridgehead atoms. The number of aromatic amines is 1. The average Bonchev–Trinajstić information content (AvgIpc) is 3.07. The third-order valence-corrected chi connectivity index (χ3v) is 4.80. The van der Waals surface area contributed by atoms with Crippen molar-refractivity contribution in [2.45, 2.75) is 18.9 Å². The Labute approximate surface area is 151 Å². The van der Waals surface area contributed by atoms with Crippen LogP contribution in [0.4, 0.5) is 5.82 Å². The van der Waals surface area contributed by atoms with E-state index in [1.807, 2.05) is 48.8 Å². The van der Waals surface area contributed by atoms with Crippen molar-refractivity contribution < 1.29 is 0 Å². The largest absolute Gasteiger partial charge is 0.365 e. The van der Waals surface area contributed by atoms with Crippen molar-refractivity contribution >= 4 is 17.4 Å². The lowest BCUT2D eigenvalue weighted by Gasteiger charge is -2.24. The van der Waals surface area contributed by atoms with Crippen molar-refractivity contribution in [1.82, 2.24) is 20.5 Å². The minimum atomic E-state index is 0.434. The molecule has 25 heavy (non-hydrogen) atoms. The van der Waals surface area contributed by atoms with E-state index in [-0.39, 0.29) is 0 Å². The van der Waals surface area contributed by atoms with Crippen LogP contribution < -0.4 is 10.6 Å². The Hall–Kier alpha value is -2.37. The van der Waals surface area contributed by atoms with Crippen LogP contribution in [0.15, 0.2) is 48.8 Å². The van der Waals surface area contributed by atoms with Crippen LogP contribution in [0.2, 0.25) is 5.02 Å². The first-order valence-electron chi connectivity index (χ1n) is 8.53. The molecule has 0 atom stereocenters. The molecule has 3 N–H and O–H groups in total. The fourth-order valence-electron chi connectivity index (χ4n) is 3.23. The van der Waals surface area contributed by atoms with E-state index in [0.29, 0.717) is 6.04 Å². The standard InChI is InChI=1S/C19H20ClN5/c20-15-3-1-14(2-4-15)18-17(13-5-9-21-10-6-13)19(25-24-18)23-16-7-11-22-12-8-16/h1-6,9-10,16,22H,7-8,11-12H2,(H2,23,24,25).